The first kappa shape index (κ1) is 18.5. The number of carbonyl (C=O) groups is 2. The van der Waals surface area contributed by atoms with E-state index in [1.807, 2.05) is 6.07 Å². The Morgan fingerprint density at radius 3 is 2.58 bits per heavy atom. The Labute approximate surface area is 154 Å². The molecule has 1 aliphatic rings. The van der Waals surface area contributed by atoms with Crippen molar-refractivity contribution in [3.05, 3.63) is 35.1 Å². The van der Waals surface area contributed by atoms with Gasteiger partial charge in [-0.15, -0.1) is 0 Å². The van der Waals surface area contributed by atoms with E-state index in [-0.39, 0.29) is 18.3 Å². The summed E-state index contributed by atoms with van der Waals surface area (Å²) in [6, 6.07) is 4.14. The van der Waals surface area contributed by atoms with Crippen LogP contribution in [0, 0.1) is 6.92 Å². The number of fused-ring (bicyclic) bond motifs is 1. The van der Waals surface area contributed by atoms with Gasteiger partial charge in [-0.25, -0.2) is 4.79 Å². The molecule has 0 atom stereocenters. The average Bonchev–Trinajstić information content (AvgIpc) is 3.21. The van der Waals surface area contributed by atoms with Crippen molar-refractivity contribution in [1.29, 1.82) is 0 Å². The van der Waals surface area contributed by atoms with Crippen LogP contribution in [-0.2, 0) is 20.7 Å². The summed E-state index contributed by atoms with van der Waals surface area (Å²) >= 11 is 0. The monoisotopic (exact) mass is 357 g/mol. The van der Waals surface area contributed by atoms with Crippen LogP contribution in [0.15, 0.2) is 22.8 Å². The Morgan fingerprint density at radius 2 is 1.96 bits per heavy atom. The average molecular weight is 357 g/mol. The zero-order valence-electron chi connectivity index (χ0n) is 16.0. The number of ether oxygens (including phenoxy) is 1. The number of aryl methyl sites for hydroxylation is 1. The van der Waals surface area contributed by atoms with Crippen molar-refractivity contribution in [3.63, 3.8) is 0 Å². The van der Waals surface area contributed by atoms with E-state index in [2.05, 4.69) is 32.2 Å². The Bertz CT molecular complexity index is 828. The summed E-state index contributed by atoms with van der Waals surface area (Å²) < 4.78 is 10.6. The number of hydrogen-bond donors (Lipinski definition) is 1. The molecule has 1 aromatic heterocycles. The summed E-state index contributed by atoms with van der Waals surface area (Å²) in [6.45, 7) is 6.38. The van der Waals surface area contributed by atoms with E-state index in [1.54, 1.807) is 6.26 Å². The SMILES string of the molecule is COC(=O)C1(NC(=O)Cc2coc3cc(C)c(C(C)C)cc23)CCCC1. The molecule has 140 valence electrons. The largest absolute Gasteiger partial charge is 0.467 e. The maximum Gasteiger partial charge on any atom is 0.331 e. The van der Waals surface area contributed by atoms with Crippen LogP contribution in [0.3, 0.4) is 0 Å². The van der Waals surface area contributed by atoms with Crippen molar-refractivity contribution in [2.45, 2.75) is 64.3 Å². The van der Waals surface area contributed by atoms with E-state index >= 15 is 0 Å². The summed E-state index contributed by atoms with van der Waals surface area (Å²) in [4.78, 5) is 24.8. The first-order valence-corrected chi connectivity index (χ1v) is 9.26. The van der Waals surface area contributed by atoms with Crippen molar-refractivity contribution in [3.8, 4) is 0 Å². The number of carbonyl (C=O) groups excluding carboxylic acids is 2. The van der Waals surface area contributed by atoms with E-state index in [4.69, 9.17) is 9.15 Å². The molecule has 0 saturated heterocycles. The van der Waals surface area contributed by atoms with Crippen molar-refractivity contribution in [1.82, 2.24) is 5.32 Å². The molecule has 0 radical (unpaired) electrons. The lowest BCUT2D eigenvalue weighted by atomic mass is 9.94. The van der Waals surface area contributed by atoms with Gasteiger partial charge in [0.05, 0.1) is 19.8 Å². The number of furan rings is 1. The number of esters is 1. The molecule has 26 heavy (non-hydrogen) atoms. The van der Waals surface area contributed by atoms with Crippen LogP contribution < -0.4 is 5.32 Å². The second-order valence-electron chi connectivity index (χ2n) is 7.63. The molecule has 3 rings (SSSR count). The highest BCUT2D eigenvalue weighted by Crippen LogP contribution is 2.32. The van der Waals surface area contributed by atoms with Gasteiger partial charge in [0.15, 0.2) is 0 Å². The highest BCUT2D eigenvalue weighted by molar-refractivity contribution is 5.92. The van der Waals surface area contributed by atoms with Gasteiger partial charge in [0.1, 0.15) is 11.1 Å². The number of amides is 1. The quantitative estimate of drug-likeness (QED) is 0.821. The molecule has 1 heterocycles. The van der Waals surface area contributed by atoms with Gasteiger partial charge in [-0.05, 0) is 48.9 Å². The second kappa shape index (κ2) is 7.14. The van der Waals surface area contributed by atoms with E-state index in [0.29, 0.717) is 18.8 Å². The molecule has 1 amide bonds. The van der Waals surface area contributed by atoms with Crippen LogP contribution in [0.25, 0.3) is 11.0 Å². The topological polar surface area (TPSA) is 68.5 Å². The Morgan fingerprint density at radius 1 is 1.27 bits per heavy atom. The normalized spacial score (nSPS) is 16.2. The molecule has 1 fully saturated rings. The zero-order valence-corrected chi connectivity index (χ0v) is 16.0. The van der Waals surface area contributed by atoms with Crippen molar-refractivity contribution in [2.24, 2.45) is 0 Å². The third-order valence-electron chi connectivity index (χ3n) is 5.43. The first-order chi connectivity index (χ1) is 12.4. The molecule has 0 unspecified atom stereocenters. The molecule has 5 heteroatoms. The number of rotatable bonds is 5. The molecular weight excluding hydrogens is 330 g/mol. The summed E-state index contributed by atoms with van der Waals surface area (Å²) in [5.74, 6) is -0.123. The van der Waals surface area contributed by atoms with E-state index in [0.717, 1.165) is 29.4 Å². The minimum atomic E-state index is -0.870. The van der Waals surface area contributed by atoms with Crippen molar-refractivity contribution < 1.29 is 18.7 Å². The summed E-state index contributed by atoms with van der Waals surface area (Å²) in [6.07, 6.45) is 4.93. The predicted octanol–water partition coefficient (Wildman–Crippen LogP) is 4.01. The molecule has 1 saturated carbocycles. The Hall–Kier alpha value is -2.30. The third-order valence-corrected chi connectivity index (χ3v) is 5.43. The first-order valence-electron chi connectivity index (χ1n) is 9.26. The van der Waals surface area contributed by atoms with Crippen LogP contribution in [-0.4, -0.2) is 24.5 Å². The van der Waals surface area contributed by atoms with Crippen LogP contribution in [0.4, 0.5) is 0 Å². The number of benzene rings is 1. The third kappa shape index (κ3) is 3.35. The molecule has 1 N–H and O–H groups in total. The molecule has 5 nitrogen and oxygen atoms in total. The predicted molar refractivity (Wildman–Crippen MR) is 100 cm³/mol. The smallest absolute Gasteiger partial charge is 0.331 e. The minimum absolute atomic E-state index is 0.174. The second-order valence-corrected chi connectivity index (χ2v) is 7.63. The lowest BCUT2D eigenvalue weighted by molar-refractivity contribution is -0.150. The fourth-order valence-corrected chi connectivity index (χ4v) is 4.04. The van der Waals surface area contributed by atoms with Gasteiger partial charge in [0, 0.05) is 10.9 Å². The lowest BCUT2D eigenvalue weighted by Crippen LogP contribution is -2.53. The number of nitrogens with one attached hydrogen (secondary N) is 1. The van der Waals surface area contributed by atoms with E-state index < -0.39 is 5.54 Å². The van der Waals surface area contributed by atoms with Gasteiger partial charge in [-0.3, -0.25) is 4.79 Å². The summed E-state index contributed by atoms with van der Waals surface area (Å²) in [7, 11) is 1.37. The van der Waals surface area contributed by atoms with Gasteiger partial charge in [-0.2, -0.15) is 0 Å². The Balaban J connectivity index is 1.83. The van der Waals surface area contributed by atoms with E-state index in [1.165, 1.54) is 18.2 Å². The fourth-order valence-electron chi connectivity index (χ4n) is 4.04. The Kier molecular flexibility index (Phi) is 5.08. The lowest BCUT2D eigenvalue weighted by Gasteiger charge is -2.27. The number of hydrogen-bond acceptors (Lipinski definition) is 4. The minimum Gasteiger partial charge on any atom is -0.467 e. The maximum absolute atomic E-state index is 12.7. The molecule has 0 bridgehead atoms. The molecule has 0 spiro atoms. The molecular formula is C21H27NO4. The number of methoxy groups -OCH3 is 1. The standard InChI is InChI=1S/C21H27NO4/c1-13(2)16-11-17-15(12-26-18(17)9-14(16)3)10-19(23)22-21(20(24)25-4)7-5-6-8-21/h9,11-13H,5-8,10H2,1-4H3,(H,22,23). The summed E-state index contributed by atoms with van der Waals surface area (Å²) in [5.41, 5.74) is 3.21. The van der Waals surface area contributed by atoms with Crippen molar-refractivity contribution in [2.75, 3.05) is 7.11 Å². The van der Waals surface area contributed by atoms with Crippen LogP contribution in [0.2, 0.25) is 0 Å². The van der Waals surface area contributed by atoms with Crippen molar-refractivity contribution >= 4 is 22.8 Å². The van der Waals surface area contributed by atoms with Gasteiger partial charge in [0.2, 0.25) is 5.91 Å². The highest BCUT2D eigenvalue weighted by Gasteiger charge is 2.43. The maximum atomic E-state index is 12.7. The van der Waals surface area contributed by atoms with Crippen LogP contribution in [0.1, 0.15) is 62.1 Å². The summed E-state index contributed by atoms with van der Waals surface area (Å²) in [5, 5.41) is 3.91. The molecule has 1 aliphatic carbocycles. The van der Waals surface area contributed by atoms with Crippen LogP contribution >= 0.6 is 0 Å². The van der Waals surface area contributed by atoms with Gasteiger partial charge < -0.3 is 14.5 Å². The van der Waals surface area contributed by atoms with Gasteiger partial charge >= 0.3 is 5.97 Å². The van der Waals surface area contributed by atoms with Gasteiger partial charge in [-0.1, -0.05) is 26.7 Å². The molecule has 1 aromatic carbocycles. The zero-order chi connectivity index (χ0) is 18.9. The van der Waals surface area contributed by atoms with Gasteiger partial charge in [0.25, 0.3) is 0 Å². The highest BCUT2D eigenvalue weighted by atomic mass is 16.5. The van der Waals surface area contributed by atoms with Crippen LogP contribution in [0.5, 0.6) is 0 Å². The molecule has 2 aromatic rings. The van der Waals surface area contributed by atoms with E-state index in [9.17, 15) is 9.59 Å². The molecule has 0 aliphatic heterocycles. The fraction of sp³-hybridized carbons (Fsp3) is 0.524.